The molecule has 0 spiro atoms. The van der Waals surface area contributed by atoms with Gasteiger partial charge in [0.25, 0.3) is 11.8 Å². The highest BCUT2D eigenvalue weighted by Crippen LogP contribution is 2.40. The topological polar surface area (TPSA) is 79.0 Å². The van der Waals surface area contributed by atoms with Crippen LogP contribution in [0.4, 0.5) is 16.2 Å². The zero-order valence-electron chi connectivity index (χ0n) is 21.1. The fourth-order valence-corrected chi connectivity index (χ4v) is 4.88. The average Bonchev–Trinajstić information content (AvgIpc) is 2.78. The molecule has 2 aliphatic rings. The third-order valence-electron chi connectivity index (χ3n) is 6.49. The first kappa shape index (κ1) is 24.3. The number of hydrogen-bond acceptors (Lipinski definition) is 5. The molecule has 0 atom stereocenters. The van der Waals surface area contributed by atoms with Crippen molar-refractivity contribution >= 4 is 40.9 Å². The number of urea groups is 1. The molecule has 4 rings (SSSR count). The van der Waals surface area contributed by atoms with E-state index in [9.17, 15) is 14.4 Å². The first-order valence-electron chi connectivity index (χ1n) is 11.8. The highest BCUT2D eigenvalue weighted by atomic mass is 16.5. The third kappa shape index (κ3) is 4.34. The number of barbiturate groups is 1. The number of carbonyl (C=O) groups is 3. The summed E-state index contributed by atoms with van der Waals surface area (Å²) in [5, 5.41) is 2.29. The highest BCUT2D eigenvalue weighted by Gasteiger charge is 2.37. The Morgan fingerprint density at radius 3 is 2.34 bits per heavy atom. The lowest BCUT2D eigenvalue weighted by Gasteiger charge is -2.43. The van der Waals surface area contributed by atoms with Gasteiger partial charge in [-0.05, 0) is 101 Å². The van der Waals surface area contributed by atoms with E-state index in [-0.39, 0.29) is 11.1 Å². The number of nitrogens with one attached hydrogen (secondary N) is 1. The molecule has 2 aliphatic heterocycles. The number of hydrogen-bond donors (Lipinski definition) is 1. The normalized spacial score (nSPS) is 18.4. The van der Waals surface area contributed by atoms with Crippen LogP contribution >= 0.6 is 0 Å². The summed E-state index contributed by atoms with van der Waals surface area (Å²) in [6, 6.07) is 9.95. The molecule has 0 aromatic heterocycles. The maximum Gasteiger partial charge on any atom is 0.335 e. The number of nitrogens with zero attached hydrogens (tertiary/aromatic N) is 2. The van der Waals surface area contributed by atoms with Crippen LogP contribution in [0.1, 0.15) is 51.3 Å². The van der Waals surface area contributed by atoms with Gasteiger partial charge in [-0.3, -0.25) is 14.9 Å². The van der Waals surface area contributed by atoms with Crippen LogP contribution in [0.25, 0.3) is 11.6 Å². The van der Waals surface area contributed by atoms with Gasteiger partial charge in [-0.2, -0.15) is 0 Å². The van der Waals surface area contributed by atoms with E-state index in [1.807, 2.05) is 19.9 Å². The standard InChI is InChI=1S/C28H31N3O4/c1-7-30-24-13-17(3)19(14-22(24)18(4)16-28(30,5)6)15-23-25(32)29-27(34)31(26(23)33)20-9-11-21(12-10-20)35-8-2/h9-16H,7-8H2,1-6H3,(H,29,32,34)/b23-15+. The zero-order valence-corrected chi connectivity index (χ0v) is 21.1. The predicted molar refractivity (Wildman–Crippen MR) is 139 cm³/mol. The first-order valence-corrected chi connectivity index (χ1v) is 11.8. The minimum absolute atomic E-state index is 0.0911. The summed E-state index contributed by atoms with van der Waals surface area (Å²) in [5.74, 6) is -0.739. The maximum absolute atomic E-state index is 13.3. The van der Waals surface area contributed by atoms with Crippen molar-refractivity contribution in [3.63, 3.8) is 0 Å². The van der Waals surface area contributed by atoms with Crippen molar-refractivity contribution in [2.24, 2.45) is 0 Å². The Labute approximate surface area is 206 Å². The summed E-state index contributed by atoms with van der Waals surface area (Å²) < 4.78 is 5.44. The van der Waals surface area contributed by atoms with Crippen LogP contribution in [-0.2, 0) is 9.59 Å². The Balaban J connectivity index is 1.75. The molecule has 2 aromatic rings. The van der Waals surface area contributed by atoms with Gasteiger partial charge in [-0.25, -0.2) is 9.69 Å². The second kappa shape index (κ2) is 9.06. The zero-order chi connectivity index (χ0) is 25.5. The van der Waals surface area contributed by atoms with Crippen LogP contribution in [0, 0.1) is 6.92 Å². The summed E-state index contributed by atoms with van der Waals surface area (Å²) in [6.07, 6.45) is 3.81. The van der Waals surface area contributed by atoms with Gasteiger partial charge in [0.15, 0.2) is 0 Å². The number of anilines is 2. The van der Waals surface area contributed by atoms with E-state index in [1.165, 1.54) is 0 Å². The molecular weight excluding hydrogens is 442 g/mol. The number of carbonyl (C=O) groups excluding carboxylic acids is 3. The molecule has 7 heteroatoms. The van der Waals surface area contributed by atoms with Gasteiger partial charge >= 0.3 is 6.03 Å². The van der Waals surface area contributed by atoms with Crippen molar-refractivity contribution in [1.29, 1.82) is 0 Å². The van der Waals surface area contributed by atoms with Crippen molar-refractivity contribution in [2.75, 3.05) is 23.0 Å². The molecule has 2 aromatic carbocycles. The van der Waals surface area contributed by atoms with Gasteiger partial charge in [0.2, 0.25) is 0 Å². The maximum atomic E-state index is 13.3. The largest absolute Gasteiger partial charge is 0.494 e. The van der Waals surface area contributed by atoms with E-state index in [0.717, 1.165) is 39.4 Å². The van der Waals surface area contributed by atoms with Crippen molar-refractivity contribution in [2.45, 2.75) is 47.1 Å². The molecule has 0 radical (unpaired) electrons. The Bertz CT molecular complexity index is 1270. The van der Waals surface area contributed by atoms with E-state index < -0.39 is 17.8 Å². The SMILES string of the molecule is CCOc1ccc(N2C(=O)NC(=O)/C(=C\c3cc4c(cc3C)N(CC)C(C)(C)C=C4C)C2=O)cc1. The fraction of sp³-hybridized carbons (Fsp3) is 0.321. The lowest BCUT2D eigenvalue weighted by Crippen LogP contribution is -2.54. The molecular formula is C28H31N3O4. The molecule has 4 amide bonds. The van der Waals surface area contributed by atoms with Crippen LogP contribution in [-0.4, -0.2) is 36.5 Å². The van der Waals surface area contributed by atoms with Gasteiger partial charge in [-0.15, -0.1) is 0 Å². The van der Waals surface area contributed by atoms with Crippen LogP contribution in [0.3, 0.4) is 0 Å². The van der Waals surface area contributed by atoms with E-state index in [0.29, 0.717) is 18.0 Å². The summed E-state index contributed by atoms with van der Waals surface area (Å²) in [6.45, 7) is 13.8. The number of fused-ring (bicyclic) bond motifs is 1. The monoisotopic (exact) mass is 473 g/mol. The second-order valence-corrected chi connectivity index (χ2v) is 9.34. The van der Waals surface area contributed by atoms with Crippen LogP contribution in [0.15, 0.2) is 48.0 Å². The van der Waals surface area contributed by atoms with Crippen LogP contribution in [0.2, 0.25) is 0 Å². The molecule has 0 unspecified atom stereocenters. The van der Waals surface area contributed by atoms with Crippen molar-refractivity contribution < 1.29 is 19.1 Å². The third-order valence-corrected chi connectivity index (χ3v) is 6.49. The lowest BCUT2D eigenvalue weighted by molar-refractivity contribution is -0.122. The quantitative estimate of drug-likeness (QED) is 0.484. The van der Waals surface area contributed by atoms with Gasteiger partial charge in [0, 0.05) is 17.8 Å². The molecule has 1 saturated heterocycles. The molecule has 0 bridgehead atoms. The first-order chi connectivity index (χ1) is 16.6. The summed E-state index contributed by atoms with van der Waals surface area (Å²) in [4.78, 5) is 41.9. The van der Waals surface area contributed by atoms with Gasteiger partial charge in [0.1, 0.15) is 11.3 Å². The van der Waals surface area contributed by atoms with Crippen LogP contribution in [0.5, 0.6) is 5.75 Å². The highest BCUT2D eigenvalue weighted by molar-refractivity contribution is 6.39. The van der Waals surface area contributed by atoms with Gasteiger partial charge < -0.3 is 9.64 Å². The molecule has 35 heavy (non-hydrogen) atoms. The molecule has 0 aliphatic carbocycles. The minimum Gasteiger partial charge on any atom is -0.494 e. The minimum atomic E-state index is -0.775. The van der Waals surface area contributed by atoms with E-state index in [4.69, 9.17) is 4.74 Å². The predicted octanol–water partition coefficient (Wildman–Crippen LogP) is 5.08. The molecule has 7 nitrogen and oxygen atoms in total. The molecule has 2 heterocycles. The smallest absolute Gasteiger partial charge is 0.335 e. The second-order valence-electron chi connectivity index (χ2n) is 9.34. The Hall–Kier alpha value is -3.87. The van der Waals surface area contributed by atoms with E-state index in [1.54, 1.807) is 30.3 Å². The molecule has 182 valence electrons. The summed E-state index contributed by atoms with van der Waals surface area (Å²) in [7, 11) is 0. The number of likely N-dealkylation sites (N-methyl/N-ethyl adjacent to an activating group) is 1. The number of imide groups is 2. The lowest BCUT2D eigenvalue weighted by atomic mass is 9.86. The summed E-state index contributed by atoms with van der Waals surface area (Å²) >= 11 is 0. The molecule has 1 N–H and O–H groups in total. The van der Waals surface area contributed by atoms with Gasteiger partial charge in [-0.1, -0.05) is 6.08 Å². The molecule has 1 fully saturated rings. The Morgan fingerprint density at radius 2 is 1.71 bits per heavy atom. The average molecular weight is 474 g/mol. The number of allylic oxidation sites excluding steroid dienone is 1. The van der Waals surface area contributed by atoms with E-state index >= 15 is 0 Å². The van der Waals surface area contributed by atoms with E-state index in [2.05, 4.69) is 50.1 Å². The van der Waals surface area contributed by atoms with Crippen LogP contribution < -0.4 is 19.9 Å². The number of aryl methyl sites for hydroxylation is 1. The Kier molecular flexibility index (Phi) is 6.28. The Morgan fingerprint density at radius 1 is 1.03 bits per heavy atom. The van der Waals surface area contributed by atoms with Crippen molar-refractivity contribution in [1.82, 2.24) is 5.32 Å². The number of amides is 4. The number of rotatable bonds is 5. The number of benzene rings is 2. The fourth-order valence-electron chi connectivity index (χ4n) is 4.88. The molecule has 0 saturated carbocycles. The number of ether oxygens (including phenoxy) is 1. The van der Waals surface area contributed by atoms with Crippen molar-refractivity contribution in [3.05, 3.63) is 64.7 Å². The van der Waals surface area contributed by atoms with Crippen molar-refractivity contribution in [3.8, 4) is 5.75 Å². The van der Waals surface area contributed by atoms with Gasteiger partial charge in [0.05, 0.1) is 17.8 Å². The summed E-state index contributed by atoms with van der Waals surface area (Å²) in [5.41, 5.74) is 5.17.